The second-order valence-corrected chi connectivity index (χ2v) is 2.74. The van der Waals surface area contributed by atoms with Gasteiger partial charge in [-0.3, -0.25) is 0 Å². The number of nitrogens with zero attached hydrogens (tertiary/aromatic N) is 1. The molecule has 0 bridgehead atoms. The van der Waals surface area contributed by atoms with Gasteiger partial charge in [0.05, 0.1) is 11.7 Å². The molecule has 0 saturated heterocycles. The van der Waals surface area contributed by atoms with Crippen LogP contribution in [0, 0.1) is 6.92 Å². The van der Waals surface area contributed by atoms with Crippen molar-refractivity contribution in [3.05, 3.63) is 36.0 Å². The fourth-order valence-electron chi connectivity index (χ4n) is 1.38. The maximum Gasteiger partial charge on any atom is 0.0907 e. The summed E-state index contributed by atoms with van der Waals surface area (Å²) in [5.74, 6) is 0. The summed E-state index contributed by atoms with van der Waals surface area (Å²) in [4.78, 5) is 4.16. The second kappa shape index (κ2) is 2.53. The quantitative estimate of drug-likeness (QED) is 0.514. The zero-order chi connectivity index (χ0) is 8.55. The molecule has 0 spiro atoms. The van der Waals surface area contributed by atoms with Gasteiger partial charge in [0.15, 0.2) is 0 Å². The molecule has 0 aliphatic heterocycles. The Kier molecular flexibility index (Phi) is 1.52. The lowest BCUT2D eigenvalue weighted by Crippen LogP contribution is -2.03. The van der Waals surface area contributed by atoms with Crippen molar-refractivity contribution >= 4 is 10.9 Å². The molecule has 0 saturated carbocycles. The summed E-state index contributed by atoms with van der Waals surface area (Å²) in [5, 5.41) is 9.60. The largest absolute Gasteiger partial charge is 0.242 e. The Morgan fingerprint density at radius 3 is 2.83 bits per heavy atom. The first-order valence-corrected chi connectivity index (χ1v) is 3.71. The zero-order valence-corrected chi connectivity index (χ0v) is 6.69. The Morgan fingerprint density at radius 1 is 1.33 bits per heavy atom. The van der Waals surface area contributed by atoms with E-state index >= 15 is 0 Å². The van der Waals surface area contributed by atoms with Crippen molar-refractivity contribution in [2.24, 2.45) is 0 Å². The van der Waals surface area contributed by atoms with Crippen LogP contribution in [0.1, 0.15) is 5.56 Å². The molecule has 0 aliphatic rings. The number of hydrogen-bond acceptors (Lipinski definition) is 2. The van der Waals surface area contributed by atoms with Crippen LogP contribution in [-0.4, -0.2) is 9.99 Å². The molecule has 1 aromatic heterocycles. The third kappa shape index (κ3) is 0.871. The molecule has 1 N–H and O–H groups in total. The molecule has 0 atom stereocenters. The highest BCUT2D eigenvalue weighted by Crippen LogP contribution is 2.18. The minimum absolute atomic E-state index is 0.873. The maximum atomic E-state index is 8.51. The standard InChI is InChI=1S/C9H9NO2/c1-7-6-10(12-11)9-5-3-2-4-8(7)9/h2-6,11H,1H3. The molecule has 12 heavy (non-hydrogen) atoms. The van der Waals surface area contributed by atoms with Crippen LogP contribution in [0.15, 0.2) is 30.5 Å². The van der Waals surface area contributed by atoms with E-state index < -0.39 is 0 Å². The zero-order valence-electron chi connectivity index (χ0n) is 6.69. The summed E-state index contributed by atoms with van der Waals surface area (Å²) in [7, 11) is 0. The van der Waals surface area contributed by atoms with Gasteiger partial charge in [-0.05, 0) is 18.6 Å². The number of rotatable bonds is 1. The number of aromatic nitrogens is 1. The van der Waals surface area contributed by atoms with Crippen LogP contribution < -0.4 is 4.99 Å². The van der Waals surface area contributed by atoms with E-state index in [1.54, 1.807) is 6.20 Å². The topological polar surface area (TPSA) is 34.4 Å². The molecule has 1 heterocycles. The predicted molar refractivity (Wildman–Crippen MR) is 45.9 cm³/mol. The molecular weight excluding hydrogens is 154 g/mol. The van der Waals surface area contributed by atoms with Gasteiger partial charge in [-0.2, -0.15) is 9.99 Å². The number of para-hydroxylation sites is 1. The molecule has 62 valence electrons. The van der Waals surface area contributed by atoms with Crippen molar-refractivity contribution in [2.75, 3.05) is 0 Å². The molecule has 0 unspecified atom stereocenters. The first kappa shape index (κ1) is 7.18. The van der Waals surface area contributed by atoms with Crippen molar-refractivity contribution < 1.29 is 10.2 Å². The Morgan fingerprint density at radius 2 is 2.08 bits per heavy atom. The predicted octanol–water partition coefficient (Wildman–Crippen LogP) is 1.85. The lowest BCUT2D eigenvalue weighted by molar-refractivity contribution is -0.238. The van der Waals surface area contributed by atoms with Crippen molar-refractivity contribution in [1.29, 1.82) is 0 Å². The van der Waals surface area contributed by atoms with Gasteiger partial charge in [0.2, 0.25) is 0 Å². The number of benzene rings is 1. The van der Waals surface area contributed by atoms with Gasteiger partial charge in [0.1, 0.15) is 0 Å². The van der Waals surface area contributed by atoms with Crippen LogP contribution in [0.3, 0.4) is 0 Å². The van der Waals surface area contributed by atoms with Crippen LogP contribution in [0.5, 0.6) is 0 Å². The van der Waals surface area contributed by atoms with Gasteiger partial charge in [-0.1, -0.05) is 18.2 Å². The van der Waals surface area contributed by atoms with Gasteiger partial charge >= 0.3 is 0 Å². The van der Waals surface area contributed by atoms with Crippen LogP contribution >= 0.6 is 0 Å². The molecule has 0 radical (unpaired) electrons. The number of fused-ring (bicyclic) bond motifs is 1. The molecule has 2 aromatic rings. The van der Waals surface area contributed by atoms with Crippen molar-refractivity contribution in [3.63, 3.8) is 0 Å². The molecule has 0 aliphatic carbocycles. The Bertz CT molecular complexity index is 406. The van der Waals surface area contributed by atoms with E-state index in [9.17, 15) is 0 Å². The smallest absolute Gasteiger partial charge is 0.0907 e. The molecule has 3 nitrogen and oxygen atoms in total. The van der Waals surface area contributed by atoms with Crippen LogP contribution in [0.25, 0.3) is 10.9 Å². The summed E-state index contributed by atoms with van der Waals surface area (Å²) in [6.45, 7) is 1.97. The SMILES string of the molecule is Cc1cn(OO)c2ccccc12. The van der Waals surface area contributed by atoms with Gasteiger partial charge in [0.25, 0.3) is 0 Å². The highest BCUT2D eigenvalue weighted by molar-refractivity contribution is 5.83. The van der Waals surface area contributed by atoms with E-state index in [1.165, 1.54) is 4.73 Å². The molecule has 0 amide bonds. The lowest BCUT2D eigenvalue weighted by Gasteiger charge is -1.96. The fourth-order valence-corrected chi connectivity index (χ4v) is 1.38. The van der Waals surface area contributed by atoms with Gasteiger partial charge in [0, 0.05) is 5.39 Å². The molecule has 1 aromatic carbocycles. The summed E-state index contributed by atoms with van der Waals surface area (Å²) in [6, 6.07) is 7.73. The van der Waals surface area contributed by atoms with Gasteiger partial charge < -0.3 is 0 Å². The van der Waals surface area contributed by atoms with E-state index in [0.29, 0.717) is 0 Å². The molecule has 2 rings (SSSR count). The Labute approximate surface area is 69.7 Å². The lowest BCUT2D eigenvalue weighted by atomic mass is 10.2. The highest BCUT2D eigenvalue weighted by Gasteiger charge is 2.03. The van der Waals surface area contributed by atoms with E-state index in [0.717, 1.165) is 16.5 Å². The Balaban J connectivity index is 2.82. The summed E-state index contributed by atoms with van der Waals surface area (Å²) >= 11 is 0. The summed E-state index contributed by atoms with van der Waals surface area (Å²) in [6.07, 6.45) is 1.74. The minimum atomic E-state index is 0.873. The van der Waals surface area contributed by atoms with Crippen molar-refractivity contribution in [1.82, 2.24) is 4.73 Å². The highest BCUT2D eigenvalue weighted by atomic mass is 17.2. The maximum absolute atomic E-state index is 8.51. The first-order chi connectivity index (χ1) is 5.83. The van der Waals surface area contributed by atoms with E-state index in [1.807, 2.05) is 31.2 Å². The van der Waals surface area contributed by atoms with Gasteiger partial charge in [-0.15, -0.1) is 0 Å². The third-order valence-corrected chi connectivity index (χ3v) is 1.97. The van der Waals surface area contributed by atoms with Crippen molar-refractivity contribution in [2.45, 2.75) is 6.92 Å². The number of aryl methyl sites for hydroxylation is 1. The number of hydrogen-bond donors (Lipinski definition) is 1. The van der Waals surface area contributed by atoms with Crippen LogP contribution in [-0.2, 0) is 0 Å². The average Bonchev–Trinajstić information content (AvgIpc) is 2.44. The first-order valence-electron chi connectivity index (χ1n) is 3.71. The Hall–Kier alpha value is -1.48. The summed E-state index contributed by atoms with van der Waals surface area (Å²) in [5.41, 5.74) is 1.96. The molecule has 0 fully saturated rings. The minimum Gasteiger partial charge on any atom is -0.242 e. The van der Waals surface area contributed by atoms with Crippen LogP contribution in [0.4, 0.5) is 0 Å². The van der Waals surface area contributed by atoms with E-state index in [-0.39, 0.29) is 0 Å². The average molecular weight is 163 g/mol. The monoisotopic (exact) mass is 163 g/mol. The normalized spacial score (nSPS) is 10.5. The molecular formula is C9H9NO2. The van der Waals surface area contributed by atoms with E-state index in [2.05, 4.69) is 4.99 Å². The third-order valence-electron chi connectivity index (χ3n) is 1.97. The van der Waals surface area contributed by atoms with Crippen molar-refractivity contribution in [3.8, 4) is 0 Å². The summed E-state index contributed by atoms with van der Waals surface area (Å²) < 4.78 is 1.34. The fraction of sp³-hybridized carbons (Fsp3) is 0.111. The van der Waals surface area contributed by atoms with E-state index in [4.69, 9.17) is 5.26 Å². The van der Waals surface area contributed by atoms with Gasteiger partial charge in [-0.25, -0.2) is 4.99 Å². The van der Waals surface area contributed by atoms with Crippen LogP contribution in [0.2, 0.25) is 0 Å². The molecule has 3 heteroatoms. The second-order valence-electron chi connectivity index (χ2n) is 2.74.